The average Bonchev–Trinajstić information content (AvgIpc) is 2.35. The summed E-state index contributed by atoms with van der Waals surface area (Å²) in [7, 11) is 0. The maximum atomic E-state index is 10.5. The molecule has 0 saturated heterocycles. The molecule has 0 aromatic rings. The number of carboxylic acids is 1. The lowest BCUT2D eigenvalue weighted by atomic mass is 10.1. The molecule has 2 nitrogen and oxygen atoms in total. The van der Waals surface area contributed by atoms with Crippen molar-refractivity contribution in [1.29, 1.82) is 0 Å². The van der Waals surface area contributed by atoms with Crippen molar-refractivity contribution in [3.63, 3.8) is 0 Å². The summed E-state index contributed by atoms with van der Waals surface area (Å²) in [5.74, 6) is 0.222. The Kier molecular flexibility index (Phi) is 12.7. The van der Waals surface area contributed by atoms with Crippen LogP contribution in [0.15, 0.2) is 11.6 Å². The highest BCUT2D eigenvalue weighted by Gasteiger charge is 1.97. The molecule has 0 aliphatic rings. The van der Waals surface area contributed by atoms with E-state index in [0.717, 1.165) is 18.6 Å². The van der Waals surface area contributed by atoms with Crippen molar-refractivity contribution in [2.75, 3.05) is 5.75 Å². The maximum Gasteiger partial charge on any atom is 0.330 e. The Morgan fingerprint density at radius 3 is 1.83 bits per heavy atom. The summed E-state index contributed by atoms with van der Waals surface area (Å²) < 4.78 is 0. The van der Waals surface area contributed by atoms with E-state index in [2.05, 4.69) is 12.6 Å². The summed E-state index contributed by atoms with van der Waals surface area (Å²) in [4.78, 5) is 10.5. The first-order valence-electron chi connectivity index (χ1n) is 7.19. The standard InChI is InChI=1S/C15H28O2S/c1-14(15(16)17)12-10-8-6-4-2-3-5-7-9-11-13-18/h12,18H,2-11,13H2,1H3,(H,16,17). The van der Waals surface area contributed by atoms with Crippen molar-refractivity contribution in [3.05, 3.63) is 11.6 Å². The molecular formula is C15H28O2S. The second-order valence-corrected chi connectivity index (χ2v) is 5.33. The normalized spacial score (nSPS) is 11.8. The van der Waals surface area contributed by atoms with Crippen molar-refractivity contribution < 1.29 is 9.90 Å². The molecule has 18 heavy (non-hydrogen) atoms. The van der Waals surface area contributed by atoms with Crippen LogP contribution in [-0.2, 0) is 4.79 Å². The third-order valence-electron chi connectivity index (χ3n) is 3.15. The third kappa shape index (κ3) is 12.0. The van der Waals surface area contributed by atoms with Crippen LogP contribution in [0, 0.1) is 0 Å². The highest BCUT2D eigenvalue weighted by atomic mass is 32.1. The number of carboxylic acid groups (broad SMARTS) is 1. The largest absolute Gasteiger partial charge is 0.478 e. The highest BCUT2D eigenvalue weighted by molar-refractivity contribution is 7.80. The van der Waals surface area contributed by atoms with E-state index >= 15 is 0 Å². The molecule has 0 aliphatic carbocycles. The van der Waals surface area contributed by atoms with Gasteiger partial charge < -0.3 is 5.11 Å². The van der Waals surface area contributed by atoms with Crippen molar-refractivity contribution in [3.8, 4) is 0 Å². The van der Waals surface area contributed by atoms with Gasteiger partial charge in [-0.15, -0.1) is 0 Å². The zero-order valence-electron chi connectivity index (χ0n) is 11.7. The summed E-state index contributed by atoms with van der Waals surface area (Å²) in [5.41, 5.74) is 0.471. The molecule has 0 radical (unpaired) electrons. The molecule has 0 aromatic heterocycles. The molecule has 0 atom stereocenters. The lowest BCUT2D eigenvalue weighted by molar-refractivity contribution is -0.132. The van der Waals surface area contributed by atoms with Crippen molar-refractivity contribution in [2.24, 2.45) is 0 Å². The number of hydrogen-bond acceptors (Lipinski definition) is 2. The minimum absolute atomic E-state index is 0.471. The predicted octanol–water partition coefficient (Wildman–Crippen LogP) is 4.85. The van der Waals surface area contributed by atoms with Gasteiger partial charge in [0.05, 0.1) is 0 Å². The minimum Gasteiger partial charge on any atom is -0.478 e. The molecule has 0 unspecified atom stereocenters. The molecule has 0 rings (SSSR count). The van der Waals surface area contributed by atoms with Crippen molar-refractivity contribution in [2.45, 2.75) is 71.1 Å². The molecular weight excluding hydrogens is 244 g/mol. The quantitative estimate of drug-likeness (QED) is 0.303. The fourth-order valence-electron chi connectivity index (χ4n) is 1.90. The van der Waals surface area contributed by atoms with Gasteiger partial charge in [-0.25, -0.2) is 4.79 Å². The van der Waals surface area contributed by atoms with Gasteiger partial charge in [0.2, 0.25) is 0 Å². The smallest absolute Gasteiger partial charge is 0.330 e. The number of allylic oxidation sites excluding steroid dienone is 1. The average molecular weight is 272 g/mol. The van der Waals surface area contributed by atoms with Crippen LogP contribution >= 0.6 is 12.6 Å². The van der Waals surface area contributed by atoms with E-state index in [1.165, 1.54) is 51.4 Å². The van der Waals surface area contributed by atoms with E-state index < -0.39 is 5.97 Å². The lowest BCUT2D eigenvalue weighted by Gasteiger charge is -2.01. The Balaban J connectivity index is 3.17. The maximum absolute atomic E-state index is 10.5. The van der Waals surface area contributed by atoms with Gasteiger partial charge in [-0.2, -0.15) is 12.6 Å². The molecule has 0 heterocycles. The first-order valence-corrected chi connectivity index (χ1v) is 7.82. The topological polar surface area (TPSA) is 37.3 Å². The van der Waals surface area contributed by atoms with Crippen LogP contribution in [0.5, 0.6) is 0 Å². The Labute approximate surface area is 117 Å². The predicted molar refractivity (Wildman–Crippen MR) is 81.4 cm³/mol. The van der Waals surface area contributed by atoms with E-state index in [0.29, 0.717) is 5.57 Å². The number of aliphatic carboxylic acids is 1. The lowest BCUT2D eigenvalue weighted by Crippen LogP contribution is -1.95. The van der Waals surface area contributed by atoms with Crippen LogP contribution < -0.4 is 0 Å². The second kappa shape index (κ2) is 13.0. The monoisotopic (exact) mass is 272 g/mol. The van der Waals surface area contributed by atoms with E-state index in [1.54, 1.807) is 6.92 Å². The van der Waals surface area contributed by atoms with Crippen LogP contribution in [0.1, 0.15) is 71.1 Å². The molecule has 0 amide bonds. The first-order chi connectivity index (χ1) is 8.68. The molecule has 0 bridgehead atoms. The molecule has 106 valence electrons. The molecule has 0 aromatic carbocycles. The number of thiol groups is 1. The summed E-state index contributed by atoms with van der Waals surface area (Å²) in [5, 5.41) is 8.67. The molecule has 0 spiro atoms. The molecule has 3 heteroatoms. The van der Waals surface area contributed by atoms with Crippen LogP contribution in [0.2, 0.25) is 0 Å². The number of rotatable bonds is 12. The second-order valence-electron chi connectivity index (χ2n) is 4.89. The minimum atomic E-state index is -0.795. The van der Waals surface area contributed by atoms with E-state index in [9.17, 15) is 4.79 Å². The van der Waals surface area contributed by atoms with E-state index in [1.807, 2.05) is 6.08 Å². The zero-order chi connectivity index (χ0) is 13.6. The fourth-order valence-corrected chi connectivity index (χ4v) is 2.12. The van der Waals surface area contributed by atoms with Gasteiger partial charge in [0.15, 0.2) is 0 Å². The van der Waals surface area contributed by atoms with Crippen LogP contribution in [0.25, 0.3) is 0 Å². The Hall–Kier alpha value is -0.440. The number of unbranched alkanes of at least 4 members (excludes halogenated alkanes) is 9. The molecule has 0 fully saturated rings. The van der Waals surface area contributed by atoms with Gasteiger partial charge >= 0.3 is 5.97 Å². The van der Waals surface area contributed by atoms with Gasteiger partial charge in [-0.1, -0.05) is 51.0 Å². The van der Waals surface area contributed by atoms with E-state index in [4.69, 9.17) is 5.11 Å². The van der Waals surface area contributed by atoms with Crippen molar-refractivity contribution >= 4 is 18.6 Å². The Morgan fingerprint density at radius 2 is 1.39 bits per heavy atom. The fraction of sp³-hybridized carbons (Fsp3) is 0.800. The summed E-state index contributed by atoms with van der Waals surface area (Å²) in [6, 6.07) is 0. The first kappa shape index (κ1) is 17.6. The van der Waals surface area contributed by atoms with Gasteiger partial charge in [-0.3, -0.25) is 0 Å². The SMILES string of the molecule is CC(=CCCCCCCCCCCCS)C(=O)O. The third-order valence-corrected chi connectivity index (χ3v) is 3.47. The molecule has 0 saturated carbocycles. The summed E-state index contributed by atoms with van der Waals surface area (Å²) >= 11 is 4.20. The van der Waals surface area contributed by atoms with Crippen LogP contribution in [-0.4, -0.2) is 16.8 Å². The van der Waals surface area contributed by atoms with Crippen LogP contribution in [0.3, 0.4) is 0 Å². The highest BCUT2D eigenvalue weighted by Crippen LogP contribution is 2.11. The van der Waals surface area contributed by atoms with Gasteiger partial charge in [-0.05, 0) is 31.9 Å². The van der Waals surface area contributed by atoms with Gasteiger partial charge in [0, 0.05) is 5.57 Å². The number of carbonyl (C=O) groups is 1. The summed E-state index contributed by atoms with van der Waals surface area (Å²) in [6.07, 6.45) is 14.3. The van der Waals surface area contributed by atoms with Gasteiger partial charge in [0.1, 0.15) is 0 Å². The van der Waals surface area contributed by atoms with Crippen molar-refractivity contribution in [1.82, 2.24) is 0 Å². The van der Waals surface area contributed by atoms with E-state index in [-0.39, 0.29) is 0 Å². The molecule has 1 N–H and O–H groups in total. The zero-order valence-corrected chi connectivity index (χ0v) is 12.6. The molecule has 0 aliphatic heterocycles. The Morgan fingerprint density at radius 1 is 0.944 bits per heavy atom. The summed E-state index contributed by atoms with van der Waals surface area (Å²) in [6.45, 7) is 1.66. The number of hydrogen-bond donors (Lipinski definition) is 2. The van der Waals surface area contributed by atoms with Gasteiger partial charge in [0.25, 0.3) is 0 Å². The Bertz CT molecular complexity index is 237. The van der Waals surface area contributed by atoms with Crippen LogP contribution in [0.4, 0.5) is 0 Å².